The molecular formula is C12H13FN2S. The Bertz CT molecular complexity index is 450. The van der Waals surface area contributed by atoms with Crippen molar-refractivity contribution in [3.63, 3.8) is 0 Å². The van der Waals surface area contributed by atoms with Crippen molar-refractivity contribution < 1.29 is 4.39 Å². The van der Waals surface area contributed by atoms with E-state index < -0.39 is 0 Å². The number of nitrogens with two attached hydrogens (primary N) is 1. The number of benzene rings is 1. The van der Waals surface area contributed by atoms with Gasteiger partial charge in [-0.25, -0.2) is 4.39 Å². The van der Waals surface area contributed by atoms with E-state index >= 15 is 0 Å². The van der Waals surface area contributed by atoms with Gasteiger partial charge in [0.2, 0.25) is 0 Å². The third-order valence-corrected chi connectivity index (χ3v) is 3.26. The van der Waals surface area contributed by atoms with Crippen LogP contribution in [0.2, 0.25) is 0 Å². The summed E-state index contributed by atoms with van der Waals surface area (Å²) in [4.78, 5) is 1.18. The molecule has 0 radical (unpaired) electrons. The number of rotatable bonds is 4. The fourth-order valence-electron chi connectivity index (χ4n) is 1.40. The molecule has 4 heteroatoms. The van der Waals surface area contributed by atoms with Crippen LogP contribution >= 0.6 is 11.3 Å². The first-order valence-corrected chi connectivity index (χ1v) is 5.91. The molecule has 0 spiro atoms. The molecule has 0 fully saturated rings. The standard InChI is InChI=1S/C12H13FN2S/c13-10-1-3-11(4-2-10)15-7-9-5-12(6-14)16-8-9/h1-5,8,15H,6-7,14H2. The summed E-state index contributed by atoms with van der Waals surface area (Å²) in [5.41, 5.74) is 7.66. The molecule has 16 heavy (non-hydrogen) atoms. The SMILES string of the molecule is NCc1cc(CNc2ccc(F)cc2)cs1. The van der Waals surface area contributed by atoms with E-state index in [1.54, 1.807) is 23.5 Å². The normalized spacial score (nSPS) is 10.4. The molecule has 0 aliphatic carbocycles. The topological polar surface area (TPSA) is 38.0 Å². The summed E-state index contributed by atoms with van der Waals surface area (Å²) in [5, 5.41) is 5.31. The summed E-state index contributed by atoms with van der Waals surface area (Å²) >= 11 is 1.66. The van der Waals surface area contributed by atoms with Crippen molar-refractivity contribution in [3.8, 4) is 0 Å². The van der Waals surface area contributed by atoms with Gasteiger partial charge < -0.3 is 11.1 Å². The molecule has 0 aliphatic rings. The Morgan fingerprint density at radius 1 is 1.25 bits per heavy atom. The van der Waals surface area contributed by atoms with Crippen molar-refractivity contribution in [2.45, 2.75) is 13.1 Å². The van der Waals surface area contributed by atoms with Crippen molar-refractivity contribution in [1.29, 1.82) is 0 Å². The summed E-state index contributed by atoms with van der Waals surface area (Å²) in [6, 6.07) is 8.43. The predicted octanol–water partition coefficient (Wildman–Crippen LogP) is 2.96. The Balaban J connectivity index is 1.94. The smallest absolute Gasteiger partial charge is 0.123 e. The fourth-order valence-corrected chi connectivity index (χ4v) is 2.17. The molecule has 0 aliphatic heterocycles. The molecule has 0 bridgehead atoms. The first-order valence-electron chi connectivity index (χ1n) is 5.04. The zero-order chi connectivity index (χ0) is 11.4. The van der Waals surface area contributed by atoms with E-state index in [2.05, 4.69) is 16.8 Å². The zero-order valence-electron chi connectivity index (χ0n) is 8.74. The van der Waals surface area contributed by atoms with E-state index in [1.165, 1.54) is 22.6 Å². The van der Waals surface area contributed by atoms with Gasteiger partial charge in [-0.05, 0) is 41.3 Å². The van der Waals surface area contributed by atoms with Crippen LogP contribution in [0, 0.1) is 5.82 Å². The van der Waals surface area contributed by atoms with Crippen LogP contribution < -0.4 is 11.1 Å². The molecular weight excluding hydrogens is 223 g/mol. The lowest BCUT2D eigenvalue weighted by Crippen LogP contribution is -1.98. The van der Waals surface area contributed by atoms with Crippen LogP contribution in [0.25, 0.3) is 0 Å². The molecule has 0 amide bonds. The highest BCUT2D eigenvalue weighted by atomic mass is 32.1. The van der Waals surface area contributed by atoms with Gasteiger partial charge in [0.05, 0.1) is 0 Å². The number of hydrogen-bond acceptors (Lipinski definition) is 3. The van der Waals surface area contributed by atoms with Crippen molar-refractivity contribution >= 4 is 17.0 Å². The minimum Gasteiger partial charge on any atom is -0.381 e. The molecule has 0 unspecified atom stereocenters. The maximum absolute atomic E-state index is 12.7. The van der Waals surface area contributed by atoms with Gasteiger partial charge in [0, 0.05) is 23.7 Å². The van der Waals surface area contributed by atoms with Crippen molar-refractivity contribution in [2.24, 2.45) is 5.73 Å². The molecule has 1 heterocycles. The maximum Gasteiger partial charge on any atom is 0.123 e. The van der Waals surface area contributed by atoms with Crippen LogP contribution in [0.1, 0.15) is 10.4 Å². The summed E-state index contributed by atoms with van der Waals surface area (Å²) < 4.78 is 12.7. The molecule has 2 aromatic rings. The summed E-state index contributed by atoms with van der Waals surface area (Å²) in [7, 11) is 0. The fraction of sp³-hybridized carbons (Fsp3) is 0.167. The van der Waals surface area contributed by atoms with E-state index in [4.69, 9.17) is 5.73 Å². The molecule has 0 saturated carbocycles. The monoisotopic (exact) mass is 236 g/mol. The van der Waals surface area contributed by atoms with Gasteiger partial charge in [0.1, 0.15) is 5.82 Å². The molecule has 1 aromatic heterocycles. The minimum absolute atomic E-state index is 0.216. The van der Waals surface area contributed by atoms with Gasteiger partial charge in [0.15, 0.2) is 0 Å². The second-order valence-electron chi connectivity index (χ2n) is 3.49. The number of hydrogen-bond donors (Lipinski definition) is 2. The van der Waals surface area contributed by atoms with E-state index in [0.717, 1.165) is 12.2 Å². The van der Waals surface area contributed by atoms with Crippen molar-refractivity contribution in [1.82, 2.24) is 0 Å². The van der Waals surface area contributed by atoms with Crippen LogP contribution in [0.15, 0.2) is 35.7 Å². The summed E-state index contributed by atoms with van der Waals surface area (Å²) in [5.74, 6) is -0.216. The lowest BCUT2D eigenvalue weighted by Gasteiger charge is -2.04. The summed E-state index contributed by atoms with van der Waals surface area (Å²) in [6.45, 7) is 1.32. The Morgan fingerprint density at radius 3 is 2.62 bits per heavy atom. The number of nitrogens with one attached hydrogen (secondary N) is 1. The predicted molar refractivity (Wildman–Crippen MR) is 65.9 cm³/mol. The van der Waals surface area contributed by atoms with Crippen molar-refractivity contribution in [2.75, 3.05) is 5.32 Å². The summed E-state index contributed by atoms with van der Waals surface area (Å²) in [6.07, 6.45) is 0. The van der Waals surface area contributed by atoms with E-state index in [1.807, 2.05) is 0 Å². The van der Waals surface area contributed by atoms with Crippen LogP contribution in [0.4, 0.5) is 10.1 Å². The maximum atomic E-state index is 12.7. The van der Waals surface area contributed by atoms with Gasteiger partial charge in [-0.2, -0.15) is 0 Å². The lowest BCUT2D eigenvalue weighted by molar-refractivity contribution is 0.628. The lowest BCUT2D eigenvalue weighted by atomic mass is 10.2. The molecule has 0 atom stereocenters. The van der Waals surface area contributed by atoms with Crippen LogP contribution in [0.5, 0.6) is 0 Å². The van der Waals surface area contributed by atoms with Crippen LogP contribution in [-0.2, 0) is 13.1 Å². The van der Waals surface area contributed by atoms with Crippen LogP contribution in [0.3, 0.4) is 0 Å². The quantitative estimate of drug-likeness (QED) is 0.856. The average Bonchev–Trinajstić information content (AvgIpc) is 2.76. The highest BCUT2D eigenvalue weighted by Gasteiger charge is 1.98. The zero-order valence-corrected chi connectivity index (χ0v) is 9.56. The molecule has 1 aromatic carbocycles. The first kappa shape index (κ1) is 11.1. The van der Waals surface area contributed by atoms with E-state index in [-0.39, 0.29) is 5.82 Å². The molecule has 2 nitrogen and oxygen atoms in total. The van der Waals surface area contributed by atoms with Crippen LogP contribution in [-0.4, -0.2) is 0 Å². The Labute approximate surface area is 97.9 Å². The van der Waals surface area contributed by atoms with Gasteiger partial charge in [0.25, 0.3) is 0 Å². The van der Waals surface area contributed by atoms with E-state index in [0.29, 0.717) is 6.54 Å². The van der Waals surface area contributed by atoms with Gasteiger partial charge in [-0.1, -0.05) is 0 Å². The largest absolute Gasteiger partial charge is 0.381 e. The highest BCUT2D eigenvalue weighted by molar-refractivity contribution is 7.10. The van der Waals surface area contributed by atoms with Gasteiger partial charge in [-0.3, -0.25) is 0 Å². The molecule has 0 saturated heterocycles. The number of thiophene rings is 1. The second-order valence-corrected chi connectivity index (χ2v) is 4.48. The van der Waals surface area contributed by atoms with Gasteiger partial charge in [-0.15, -0.1) is 11.3 Å². The molecule has 84 valence electrons. The van der Waals surface area contributed by atoms with Gasteiger partial charge >= 0.3 is 0 Å². The van der Waals surface area contributed by atoms with E-state index in [9.17, 15) is 4.39 Å². The van der Waals surface area contributed by atoms with Crippen molar-refractivity contribution in [3.05, 3.63) is 52.0 Å². The Morgan fingerprint density at radius 2 is 2.00 bits per heavy atom. The number of halogens is 1. The molecule has 3 N–H and O–H groups in total. The third-order valence-electron chi connectivity index (χ3n) is 2.25. The minimum atomic E-state index is -0.216. The number of anilines is 1. The first-order chi connectivity index (χ1) is 7.78. The Hall–Kier alpha value is -1.39. The highest BCUT2D eigenvalue weighted by Crippen LogP contribution is 2.16. The third kappa shape index (κ3) is 2.81. The molecule has 2 rings (SSSR count). The average molecular weight is 236 g/mol. The second kappa shape index (κ2) is 5.09. The Kier molecular flexibility index (Phi) is 3.54.